The molecule has 2 heterocycles. The molecule has 5 heteroatoms. The lowest BCUT2D eigenvalue weighted by molar-refractivity contribution is 0.0594. The molecule has 86 valence electrons. The number of carbonyl (C=O) groups excluding carboxylic acids is 1. The monoisotopic (exact) mass is 222 g/mol. The summed E-state index contributed by atoms with van der Waals surface area (Å²) >= 11 is 0. The van der Waals surface area contributed by atoms with E-state index in [0.717, 1.165) is 18.7 Å². The van der Waals surface area contributed by atoms with Crippen LogP contribution in [0.1, 0.15) is 16.9 Å². The Morgan fingerprint density at radius 1 is 1.69 bits per heavy atom. The van der Waals surface area contributed by atoms with Gasteiger partial charge < -0.3 is 14.8 Å². The average molecular weight is 222 g/mol. The SMILES string of the molecule is COC(=O)c1cc(NC2CCOC2)ccn1. The molecule has 0 radical (unpaired) electrons. The number of nitrogens with one attached hydrogen (secondary N) is 1. The molecule has 1 N–H and O–H groups in total. The zero-order valence-electron chi connectivity index (χ0n) is 9.10. The van der Waals surface area contributed by atoms with Crippen LogP contribution in [0.5, 0.6) is 0 Å². The molecule has 1 aliphatic rings. The maximum absolute atomic E-state index is 11.3. The number of anilines is 1. The van der Waals surface area contributed by atoms with E-state index < -0.39 is 5.97 Å². The molecule has 1 aromatic heterocycles. The summed E-state index contributed by atoms with van der Waals surface area (Å²) in [5.41, 5.74) is 1.18. The molecule has 0 aliphatic carbocycles. The fourth-order valence-corrected chi connectivity index (χ4v) is 1.62. The van der Waals surface area contributed by atoms with Gasteiger partial charge in [0.15, 0.2) is 0 Å². The Bertz CT molecular complexity index is 375. The van der Waals surface area contributed by atoms with Crippen molar-refractivity contribution in [2.75, 3.05) is 25.6 Å². The quantitative estimate of drug-likeness (QED) is 0.775. The second-order valence-corrected chi connectivity index (χ2v) is 3.63. The maximum atomic E-state index is 11.3. The van der Waals surface area contributed by atoms with Crippen molar-refractivity contribution < 1.29 is 14.3 Å². The van der Waals surface area contributed by atoms with E-state index in [-0.39, 0.29) is 0 Å². The fraction of sp³-hybridized carbons (Fsp3) is 0.455. The molecule has 1 unspecified atom stereocenters. The van der Waals surface area contributed by atoms with Crippen molar-refractivity contribution >= 4 is 11.7 Å². The number of carbonyl (C=O) groups is 1. The molecule has 0 saturated carbocycles. The van der Waals surface area contributed by atoms with Crippen LogP contribution in [-0.2, 0) is 9.47 Å². The predicted octanol–water partition coefficient (Wildman–Crippen LogP) is 1.07. The molecule has 1 saturated heterocycles. The highest BCUT2D eigenvalue weighted by atomic mass is 16.5. The van der Waals surface area contributed by atoms with Gasteiger partial charge in [0, 0.05) is 18.5 Å². The highest BCUT2D eigenvalue weighted by Crippen LogP contribution is 2.14. The van der Waals surface area contributed by atoms with Crippen LogP contribution in [0.2, 0.25) is 0 Å². The summed E-state index contributed by atoms with van der Waals surface area (Å²) in [7, 11) is 1.34. The Balaban J connectivity index is 2.06. The van der Waals surface area contributed by atoms with Crippen molar-refractivity contribution in [3.05, 3.63) is 24.0 Å². The van der Waals surface area contributed by atoms with E-state index >= 15 is 0 Å². The third-order valence-electron chi connectivity index (χ3n) is 2.45. The van der Waals surface area contributed by atoms with Crippen molar-refractivity contribution in [3.63, 3.8) is 0 Å². The summed E-state index contributed by atoms with van der Waals surface area (Å²) in [5, 5.41) is 3.29. The highest BCUT2D eigenvalue weighted by molar-refractivity contribution is 5.88. The number of hydrogen-bond donors (Lipinski definition) is 1. The summed E-state index contributed by atoms with van der Waals surface area (Å²) in [6, 6.07) is 3.82. The van der Waals surface area contributed by atoms with Gasteiger partial charge >= 0.3 is 5.97 Å². The van der Waals surface area contributed by atoms with E-state index in [9.17, 15) is 4.79 Å². The van der Waals surface area contributed by atoms with Crippen LogP contribution in [-0.4, -0.2) is 37.3 Å². The molecule has 0 spiro atoms. The Morgan fingerprint density at radius 3 is 3.25 bits per heavy atom. The molecule has 16 heavy (non-hydrogen) atoms. The molecular formula is C11H14N2O3. The van der Waals surface area contributed by atoms with Gasteiger partial charge in [0.05, 0.1) is 19.8 Å². The summed E-state index contributed by atoms with van der Waals surface area (Å²) in [6.07, 6.45) is 2.57. The van der Waals surface area contributed by atoms with Gasteiger partial charge in [-0.1, -0.05) is 0 Å². The smallest absolute Gasteiger partial charge is 0.356 e. The number of nitrogens with zero attached hydrogens (tertiary/aromatic N) is 1. The fourth-order valence-electron chi connectivity index (χ4n) is 1.62. The predicted molar refractivity (Wildman–Crippen MR) is 58.4 cm³/mol. The summed E-state index contributed by atoms with van der Waals surface area (Å²) in [5.74, 6) is -0.425. The zero-order valence-corrected chi connectivity index (χ0v) is 9.10. The first kappa shape index (κ1) is 10.9. The van der Waals surface area contributed by atoms with Gasteiger partial charge in [0.25, 0.3) is 0 Å². The molecule has 0 bridgehead atoms. The number of aromatic nitrogens is 1. The van der Waals surface area contributed by atoms with Gasteiger partial charge in [-0.05, 0) is 18.6 Å². The number of ether oxygens (including phenoxy) is 2. The minimum absolute atomic E-state index is 0.311. The minimum atomic E-state index is -0.425. The lowest BCUT2D eigenvalue weighted by atomic mass is 10.2. The molecule has 5 nitrogen and oxygen atoms in total. The Hall–Kier alpha value is -1.62. The van der Waals surface area contributed by atoms with Crippen LogP contribution in [0, 0.1) is 0 Å². The van der Waals surface area contributed by atoms with E-state index in [0.29, 0.717) is 18.3 Å². The topological polar surface area (TPSA) is 60.5 Å². The Morgan fingerprint density at radius 2 is 2.56 bits per heavy atom. The van der Waals surface area contributed by atoms with Crippen LogP contribution < -0.4 is 5.32 Å². The van der Waals surface area contributed by atoms with Crippen LogP contribution in [0.4, 0.5) is 5.69 Å². The van der Waals surface area contributed by atoms with Gasteiger partial charge in [-0.3, -0.25) is 0 Å². The van der Waals surface area contributed by atoms with Crippen LogP contribution >= 0.6 is 0 Å². The molecule has 1 aliphatic heterocycles. The van der Waals surface area contributed by atoms with Crippen molar-refractivity contribution in [3.8, 4) is 0 Å². The molecule has 1 aromatic rings. The molecule has 1 atom stereocenters. The molecule has 0 amide bonds. The number of esters is 1. The molecular weight excluding hydrogens is 208 g/mol. The first-order chi connectivity index (χ1) is 7.79. The van der Waals surface area contributed by atoms with Crippen molar-refractivity contribution in [1.82, 2.24) is 4.98 Å². The molecule has 0 aromatic carbocycles. The van der Waals surface area contributed by atoms with E-state index in [2.05, 4.69) is 15.0 Å². The number of methoxy groups -OCH3 is 1. The van der Waals surface area contributed by atoms with Gasteiger partial charge in [0.1, 0.15) is 5.69 Å². The summed E-state index contributed by atoms with van der Waals surface area (Å²) < 4.78 is 9.87. The van der Waals surface area contributed by atoms with Crippen LogP contribution in [0.3, 0.4) is 0 Å². The van der Waals surface area contributed by atoms with Gasteiger partial charge in [-0.25, -0.2) is 9.78 Å². The lowest BCUT2D eigenvalue weighted by Crippen LogP contribution is -2.19. The van der Waals surface area contributed by atoms with Crippen molar-refractivity contribution in [1.29, 1.82) is 0 Å². The minimum Gasteiger partial charge on any atom is -0.464 e. The largest absolute Gasteiger partial charge is 0.464 e. The Labute approximate surface area is 93.8 Å². The Kier molecular flexibility index (Phi) is 3.36. The third kappa shape index (κ3) is 2.49. The maximum Gasteiger partial charge on any atom is 0.356 e. The number of hydrogen-bond acceptors (Lipinski definition) is 5. The second kappa shape index (κ2) is 4.94. The van der Waals surface area contributed by atoms with E-state index in [1.165, 1.54) is 7.11 Å². The summed E-state index contributed by atoms with van der Waals surface area (Å²) in [4.78, 5) is 15.2. The van der Waals surface area contributed by atoms with Gasteiger partial charge in [0.2, 0.25) is 0 Å². The van der Waals surface area contributed by atoms with Gasteiger partial charge in [-0.2, -0.15) is 0 Å². The molecule has 2 rings (SSSR count). The van der Waals surface area contributed by atoms with Crippen molar-refractivity contribution in [2.24, 2.45) is 0 Å². The first-order valence-electron chi connectivity index (χ1n) is 5.18. The van der Waals surface area contributed by atoms with Gasteiger partial charge in [-0.15, -0.1) is 0 Å². The second-order valence-electron chi connectivity index (χ2n) is 3.63. The normalized spacial score (nSPS) is 19.4. The van der Waals surface area contributed by atoms with Crippen molar-refractivity contribution in [2.45, 2.75) is 12.5 Å². The van der Waals surface area contributed by atoms with E-state index in [1.54, 1.807) is 12.3 Å². The standard InChI is InChI=1S/C11H14N2O3/c1-15-11(14)10-6-8(2-4-12-10)13-9-3-5-16-7-9/h2,4,6,9H,3,5,7H2,1H3,(H,12,13). The van der Waals surface area contributed by atoms with E-state index in [1.807, 2.05) is 6.07 Å². The third-order valence-corrected chi connectivity index (χ3v) is 2.45. The van der Waals surface area contributed by atoms with Crippen LogP contribution in [0.15, 0.2) is 18.3 Å². The first-order valence-corrected chi connectivity index (χ1v) is 5.18. The average Bonchev–Trinajstić information content (AvgIpc) is 2.81. The van der Waals surface area contributed by atoms with Crippen LogP contribution in [0.25, 0.3) is 0 Å². The molecule has 1 fully saturated rings. The van der Waals surface area contributed by atoms with E-state index in [4.69, 9.17) is 4.74 Å². The number of rotatable bonds is 3. The zero-order chi connectivity index (χ0) is 11.4. The lowest BCUT2D eigenvalue weighted by Gasteiger charge is -2.12. The number of pyridine rings is 1. The highest BCUT2D eigenvalue weighted by Gasteiger charge is 2.16. The summed E-state index contributed by atoms with van der Waals surface area (Å²) in [6.45, 7) is 1.49.